The smallest absolute Gasteiger partial charge is 0.160 e. The highest BCUT2D eigenvalue weighted by molar-refractivity contribution is 7.17. The van der Waals surface area contributed by atoms with Gasteiger partial charge in [0.15, 0.2) is 6.29 Å². The van der Waals surface area contributed by atoms with Crippen molar-refractivity contribution in [1.29, 1.82) is 0 Å². The first-order chi connectivity index (χ1) is 7.24. The van der Waals surface area contributed by atoms with Crippen LogP contribution < -0.4 is 4.90 Å². The number of thiophene rings is 1. The third-order valence-electron chi connectivity index (χ3n) is 3.04. The highest BCUT2D eigenvalue weighted by Crippen LogP contribution is 2.32. The fourth-order valence-electron chi connectivity index (χ4n) is 2.03. The number of carbonyl (C=O) groups excluding carboxylic acids is 1. The van der Waals surface area contributed by atoms with Gasteiger partial charge in [-0.3, -0.25) is 4.79 Å². The van der Waals surface area contributed by atoms with Crippen LogP contribution in [0.4, 0.5) is 5.00 Å². The number of nitrogens with zero attached hydrogens (tertiary/aromatic N) is 1. The van der Waals surface area contributed by atoms with Gasteiger partial charge in [0.25, 0.3) is 0 Å². The first-order valence-electron chi connectivity index (χ1n) is 5.15. The molecule has 82 valence electrons. The Hall–Kier alpha value is -0.870. The summed E-state index contributed by atoms with van der Waals surface area (Å²) in [6.07, 6.45) is 0.886. The number of carbonyl (C=O) groups is 1. The number of anilines is 1. The summed E-state index contributed by atoms with van der Waals surface area (Å²) >= 11 is 1.52. The summed E-state index contributed by atoms with van der Waals surface area (Å²) in [6.45, 7) is 4.29. The minimum absolute atomic E-state index is 0.254. The first-order valence-corrected chi connectivity index (χ1v) is 5.97. The van der Waals surface area contributed by atoms with Crippen molar-refractivity contribution in [1.82, 2.24) is 0 Å². The number of aliphatic hydroxyl groups excluding tert-OH is 1. The first kappa shape index (κ1) is 10.6. The fraction of sp³-hybridized carbons (Fsp3) is 0.545. The molecule has 15 heavy (non-hydrogen) atoms. The molecule has 2 atom stereocenters. The zero-order valence-electron chi connectivity index (χ0n) is 8.72. The molecule has 1 N–H and O–H groups in total. The van der Waals surface area contributed by atoms with Gasteiger partial charge in [-0.2, -0.15) is 0 Å². The van der Waals surface area contributed by atoms with Crippen molar-refractivity contribution in [2.24, 2.45) is 11.8 Å². The van der Waals surface area contributed by atoms with Crippen LogP contribution in [0, 0.1) is 11.8 Å². The van der Waals surface area contributed by atoms with E-state index in [9.17, 15) is 9.90 Å². The molecule has 2 rings (SSSR count). The Morgan fingerprint density at radius 3 is 2.93 bits per heavy atom. The van der Waals surface area contributed by atoms with Gasteiger partial charge in [-0.05, 0) is 18.1 Å². The van der Waals surface area contributed by atoms with Gasteiger partial charge in [0, 0.05) is 25.6 Å². The number of aldehydes is 1. The van der Waals surface area contributed by atoms with E-state index in [2.05, 4.69) is 11.8 Å². The molecule has 0 saturated carbocycles. The van der Waals surface area contributed by atoms with E-state index in [1.807, 2.05) is 12.1 Å². The minimum atomic E-state index is 0.254. The van der Waals surface area contributed by atoms with Gasteiger partial charge in [-0.15, -0.1) is 11.3 Å². The lowest BCUT2D eigenvalue weighted by atomic mass is 10.00. The normalized spacial score (nSPS) is 25.9. The molecule has 1 aliphatic rings. The van der Waals surface area contributed by atoms with Gasteiger partial charge >= 0.3 is 0 Å². The third-order valence-corrected chi connectivity index (χ3v) is 4.11. The Morgan fingerprint density at radius 2 is 2.40 bits per heavy atom. The number of hydrogen-bond donors (Lipinski definition) is 1. The van der Waals surface area contributed by atoms with E-state index in [1.165, 1.54) is 11.3 Å². The third kappa shape index (κ3) is 2.06. The van der Waals surface area contributed by atoms with Gasteiger partial charge in [0.2, 0.25) is 0 Å². The van der Waals surface area contributed by atoms with E-state index in [-0.39, 0.29) is 6.61 Å². The second kappa shape index (κ2) is 4.33. The van der Waals surface area contributed by atoms with Gasteiger partial charge < -0.3 is 10.0 Å². The van der Waals surface area contributed by atoms with E-state index in [0.29, 0.717) is 11.8 Å². The van der Waals surface area contributed by atoms with Gasteiger partial charge in [0.05, 0.1) is 9.88 Å². The highest BCUT2D eigenvalue weighted by Gasteiger charge is 2.29. The van der Waals surface area contributed by atoms with E-state index in [0.717, 1.165) is 29.3 Å². The average molecular weight is 225 g/mol. The molecule has 0 radical (unpaired) electrons. The van der Waals surface area contributed by atoms with Gasteiger partial charge in [-0.1, -0.05) is 6.92 Å². The Morgan fingerprint density at radius 1 is 1.60 bits per heavy atom. The quantitative estimate of drug-likeness (QED) is 0.795. The van der Waals surface area contributed by atoms with E-state index >= 15 is 0 Å². The summed E-state index contributed by atoms with van der Waals surface area (Å²) in [5, 5.41) is 10.3. The summed E-state index contributed by atoms with van der Waals surface area (Å²) in [5.41, 5.74) is 0. The van der Waals surface area contributed by atoms with Crippen LogP contribution >= 0.6 is 11.3 Å². The van der Waals surface area contributed by atoms with Crippen molar-refractivity contribution >= 4 is 22.6 Å². The number of hydrogen-bond acceptors (Lipinski definition) is 4. The minimum Gasteiger partial charge on any atom is -0.396 e. The van der Waals surface area contributed by atoms with Crippen LogP contribution in [-0.2, 0) is 0 Å². The van der Waals surface area contributed by atoms with Crippen LogP contribution in [0.25, 0.3) is 0 Å². The molecule has 3 nitrogen and oxygen atoms in total. The van der Waals surface area contributed by atoms with E-state index in [4.69, 9.17) is 0 Å². The topological polar surface area (TPSA) is 40.5 Å². The molecule has 0 spiro atoms. The second-order valence-corrected chi connectivity index (χ2v) is 5.21. The molecule has 2 heterocycles. The van der Waals surface area contributed by atoms with Crippen LogP contribution in [0.1, 0.15) is 16.6 Å². The summed E-state index contributed by atoms with van der Waals surface area (Å²) in [7, 11) is 0. The maximum atomic E-state index is 10.6. The molecule has 0 bridgehead atoms. The zero-order chi connectivity index (χ0) is 10.8. The van der Waals surface area contributed by atoms with Crippen LogP contribution in [-0.4, -0.2) is 31.1 Å². The molecule has 0 amide bonds. The van der Waals surface area contributed by atoms with E-state index in [1.54, 1.807) is 0 Å². The lowest BCUT2D eigenvalue weighted by Gasteiger charge is -2.15. The van der Waals surface area contributed by atoms with Crippen LogP contribution in [0.3, 0.4) is 0 Å². The van der Waals surface area contributed by atoms with E-state index < -0.39 is 0 Å². The zero-order valence-corrected chi connectivity index (χ0v) is 9.54. The molecule has 0 unspecified atom stereocenters. The molecule has 0 aliphatic carbocycles. The molecule has 4 heteroatoms. The molecule has 1 fully saturated rings. The second-order valence-electron chi connectivity index (χ2n) is 4.12. The highest BCUT2D eigenvalue weighted by atomic mass is 32.1. The summed E-state index contributed by atoms with van der Waals surface area (Å²) in [5.74, 6) is 0.892. The van der Waals surface area contributed by atoms with Crippen molar-refractivity contribution in [2.75, 3.05) is 24.6 Å². The summed E-state index contributed by atoms with van der Waals surface area (Å²) < 4.78 is 0. The molecule has 1 aliphatic heterocycles. The predicted octanol–water partition coefficient (Wildman–Crippen LogP) is 1.63. The van der Waals surface area contributed by atoms with Crippen molar-refractivity contribution in [3.05, 3.63) is 17.0 Å². The van der Waals surface area contributed by atoms with Gasteiger partial charge in [-0.25, -0.2) is 0 Å². The van der Waals surface area contributed by atoms with Crippen molar-refractivity contribution in [2.45, 2.75) is 6.92 Å². The molecule has 1 saturated heterocycles. The largest absolute Gasteiger partial charge is 0.396 e. The molecular formula is C11H15NO2S. The molecule has 1 aromatic rings. The van der Waals surface area contributed by atoms with Gasteiger partial charge in [0.1, 0.15) is 0 Å². The Labute approximate surface area is 93.3 Å². The average Bonchev–Trinajstić information content (AvgIpc) is 2.83. The molecule has 1 aromatic heterocycles. The predicted molar refractivity (Wildman–Crippen MR) is 61.7 cm³/mol. The van der Waals surface area contributed by atoms with Crippen LogP contribution in [0.5, 0.6) is 0 Å². The Kier molecular flexibility index (Phi) is 3.07. The maximum Gasteiger partial charge on any atom is 0.160 e. The fourth-order valence-corrected chi connectivity index (χ4v) is 2.87. The van der Waals surface area contributed by atoms with Crippen molar-refractivity contribution < 1.29 is 9.90 Å². The monoisotopic (exact) mass is 225 g/mol. The standard InChI is InChI=1S/C11H15NO2S/c1-8-4-12(5-9(8)6-13)11-3-2-10(7-14)15-11/h2-3,7-9,13H,4-6H2,1H3/t8-,9+/m1/s1. The summed E-state index contributed by atoms with van der Waals surface area (Å²) in [6, 6.07) is 3.84. The Balaban J connectivity index is 2.09. The number of rotatable bonds is 3. The lowest BCUT2D eigenvalue weighted by molar-refractivity contribution is 0.112. The number of aliphatic hydroxyl groups is 1. The molecular weight excluding hydrogens is 210 g/mol. The Bertz CT molecular complexity index is 350. The summed E-state index contributed by atoms with van der Waals surface area (Å²) in [4.78, 5) is 13.6. The molecule has 0 aromatic carbocycles. The van der Waals surface area contributed by atoms with Crippen LogP contribution in [0.2, 0.25) is 0 Å². The van der Waals surface area contributed by atoms with Crippen molar-refractivity contribution in [3.8, 4) is 0 Å². The van der Waals surface area contributed by atoms with Crippen molar-refractivity contribution in [3.63, 3.8) is 0 Å². The van der Waals surface area contributed by atoms with Crippen LogP contribution in [0.15, 0.2) is 12.1 Å². The SMILES string of the molecule is C[C@@H]1CN(c2ccc(C=O)s2)C[C@H]1CO. The maximum absolute atomic E-state index is 10.6. The lowest BCUT2D eigenvalue weighted by Crippen LogP contribution is -2.19.